The molecule has 2 aromatic carbocycles. The Balaban J connectivity index is 1.70. The van der Waals surface area contributed by atoms with Crippen molar-refractivity contribution in [1.82, 2.24) is 4.90 Å². The second kappa shape index (κ2) is 6.32. The van der Waals surface area contributed by atoms with Crippen molar-refractivity contribution < 1.29 is 14.4 Å². The topological polar surface area (TPSA) is 83.7 Å². The lowest BCUT2D eigenvalue weighted by atomic mass is 10.0. The summed E-state index contributed by atoms with van der Waals surface area (Å²) in [7, 11) is 0. The van der Waals surface area contributed by atoms with Crippen molar-refractivity contribution >= 4 is 23.4 Å². The van der Waals surface area contributed by atoms with Gasteiger partial charge in [0, 0.05) is 24.7 Å². The minimum absolute atomic E-state index is 0.00799. The fourth-order valence-corrected chi connectivity index (χ4v) is 3.71. The quantitative estimate of drug-likeness (QED) is 0.830. The number of imide groups is 1. The Morgan fingerprint density at radius 3 is 2.48 bits per heavy atom. The summed E-state index contributed by atoms with van der Waals surface area (Å²) in [5.74, 6) is -0.904. The molecule has 27 heavy (non-hydrogen) atoms. The normalized spacial score (nSPS) is 19.0. The van der Waals surface area contributed by atoms with Gasteiger partial charge in [-0.15, -0.1) is 0 Å². The van der Waals surface area contributed by atoms with E-state index in [1.165, 1.54) is 11.0 Å². The number of likely N-dealkylation sites (tertiary alicyclic amines) is 1. The van der Waals surface area contributed by atoms with E-state index in [1.54, 1.807) is 17.0 Å². The predicted octanol–water partition coefficient (Wildman–Crippen LogP) is 2.28. The lowest BCUT2D eigenvalue weighted by Gasteiger charge is -2.17. The molecule has 0 aromatic heterocycles. The number of nitrogens with two attached hydrogens (primary N) is 1. The highest BCUT2D eigenvalue weighted by atomic mass is 16.2. The van der Waals surface area contributed by atoms with Gasteiger partial charge in [0.2, 0.25) is 0 Å². The fraction of sp³-hybridized carbons (Fsp3) is 0.286. The zero-order chi connectivity index (χ0) is 19.3. The molecule has 0 unspecified atom stereocenters. The highest BCUT2D eigenvalue weighted by molar-refractivity contribution is 6.35. The van der Waals surface area contributed by atoms with E-state index in [2.05, 4.69) is 0 Å². The first-order valence-electron chi connectivity index (χ1n) is 9.02. The molecule has 0 saturated carbocycles. The molecule has 2 aliphatic rings. The molecule has 6 heteroatoms. The van der Waals surface area contributed by atoms with Gasteiger partial charge in [-0.1, -0.05) is 12.1 Å². The molecule has 2 N–H and O–H groups in total. The van der Waals surface area contributed by atoms with Crippen LogP contribution >= 0.6 is 0 Å². The molecular weight excluding hydrogens is 342 g/mol. The maximum Gasteiger partial charge on any atom is 0.266 e. The predicted molar refractivity (Wildman–Crippen MR) is 102 cm³/mol. The van der Waals surface area contributed by atoms with Crippen LogP contribution in [-0.2, 0) is 0 Å². The van der Waals surface area contributed by atoms with Crippen LogP contribution in [0.3, 0.4) is 0 Å². The Kier molecular flexibility index (Phi) is 4.08. The average Bonchev–Trinajstić information content (AvgIpc) is 3.19. The number of carbonyl (C=O) groups excluding carboxylic acids is 3. The van der Waals surface area contributed by atoms with Gasteiger partial charge in [0.1, 0.15) is 0 Å². The third-order valence-electron chi connectivity index (χ3n) is 5.25. The number of aryl methyl sites for hydroxylation is 2. The molecule has 2 aromatic rings. The summed E-state index contributed by atoms with van der Waals surface area (Å²) in [4.78, 5) is 41.4. The van der Waals surface area contributed by atoms with Crippen molar-refractivity contribution in [2.75, 3.05) is 18.0 Å². The Bertz CT molecular complexity index is 983. The van der Waals surface area contributed by atoms with Gasteiger partial charge in [-0.3, -0.25) is 14.4 Å². The monoisotopic (exact) mass is 363 g/mol. The van der Waals surface area contributed by atoms with Gasteiger partial charge in [0.25, 0.3) is 17.7 Å². The summed E-state index contributed by atoms with van der Waals surface area (Å²) in [6.07, 6.45) is 0.772. The van der Waals surface area contributed by atoms with E-state index in [1.807, 2.05) is 32.0 Å². The number of nitrogens with zero attached hydrogens (tertiary/aromatic N) is 2. The summed E-state index contributed by atoms with van der Waals surface area (Å²) in [6, 6.07) is 10.4. The van der Waals surface area contributed by atoms with Gasteiger partial charge >= 0.3 is 0 Å². The molecule has 138 valence electrons. The molecule has 0 aliphatic carbocycles. The van der Waals surface area contributed by atoms with E-state index >= 15 is 0 Å². The first kappa shape index (κ1) is 17.4. The van der Waals surface area contributed by atoms with Crippen LogP contribution in [0.15, 0.2) is 36.4 Å². The summed E-state index contributed by atoms with van der Waals surface area (Å²) < 4.78 is 0. The number of carbonyl (C=O) groups is 3. The van der Waals surface area contributed by atoms with Crippen LogP contribution in [0.25, 0.3) is 0 Å². The first-order valence-corrected chi connectivity index (χ1v) is 9.02. The van der Waals surface area contributed by atoms with Crippen LogP contribution in [0, 0.1) is 13.8 Å². The van der Waals surface area contributed by atoms with Crippen molar-refractivity contribution in [3.8, 4) is 0 Å². The SMILES string of the molecule is Cc1ccc(C)c(N2C(=O)c3ccc(C(=O)N4CC[C@@H](N)C4)cc3C2=O)c1. The number of hydrogen-bond donors (Lipinski definition) is 1. The molecule has 6 nitrogen and oxygen atoms in total. The second-order valence-corrected chi connectivity index (χ2v) is 7.30. The lowest BCUT2D eigenvalue weighted by molar-refractivity contribution is 0.0790. The fourth-order valence-electron chi connectivity index (χ4n) is 3.71. The van der Waals surface area contributed by atoms with Gasteiger partial charge in [0.15, 0.2) is 0 Å². The van der Waals surface area contributed by atoms with Crippen LogP contribution in [0.1, 0.15) is 48.6 Å². The molecule has 3 amide bonds. The average molecular weight is 363 g/mol. The number of fused-ring (bicyclic) bond motifs is 1. The molecule has 1 saturated heterocycles. The molecule has 2 heterocycles. The van der Waals surface area contributed by atoms with Crippen molar-refractivity contribution in [2.24, 2.45) is 5.73 Å². The largest absolute Gasteiger partial charge is 0.337 e. The van der Waals surface area contributed by atoms with Crippen molar-refractivity contribution in [1.29, 1.82) is 0 Å². The molecule has 1 fully saturated rings. The molecule has 1 atom stereocenters. The number of amides is 3. The second-order valence-electron chi connectivity index (χ2n) is 7.30. The molecule has 4 rings (SSSR count). The van der Waals surface area contributed by atoms with Crippen LogP contribution in [-0.4, -0.2) is 41.8 Å². The minimum Gasteiger partial charge on any atom is -0.337 e. The number of anilines is 1. The van der Waals surface area contributed by atoms with Gasteiger partial charge in [-0.25, -0.2) is 4.90 Å². The Morgan fingerprint density at radius 1 is 1.04 bits per heavy atom. The van der Waals surface area contributed by atoms with E-state index in [-0.39, 0.29) is 23.4 Å². The number of hydrogen-bond acceptors (Lipinski definition) is 4. The Morgan fingerprint density at radius 2 is 1.78 bits per heavy atom. The molecule has 0 bridgehead atoms. The molecule has 2 aliphatic heterocycles. The van der Waals surface area contributed by atoms with E-state index < -0.39 is 5.91 Å². The van der Waals surface area contributed by atoms with Crippen LogP contribution < -0.4 is 10.6 Å². The van der Waals surface area contributed by atoms with Crippen LogP contribution in [0.5, 0.6) is 0 Å². The van der Waals surface area contributed by atoms with Gasteiger partial charge in [0.05, 0.1) is 16.8 Å². The molecule has 0 spiro atoms. The molecule has 0 radical (unpaired) electrons. The summed E-state index contributed by atoms with van der Waals surface area (Å²) in [6.45, 7) is 4.90. The summed E-state index contributed by atoms with van der Waals surface area (Å²) >= 11 is 0. The highest BCUT2D eigenvalue weighted by Crippen LogP contribution is 2.32. The van der Waals surface area contributed by atoms with Gasteiger partial charge < -0.3 is 10.6 Å². The van der Waals surface area contributed by atoms with Gasteiger partial charge in [-0.2, -0.15) is 0 Å². The number of benzene rings is 2. The van der Waals surface area contributed by atoms with Crippen molar-refractivity contribution in [3.63, 3.8) is 0 Å². The summed E-state index contributed by atoms with van der Waals surface area (Å²) in [5.41, 5.74) is 9.29. The zero-order valence-electron chi connectivity index (χ0n) is 15.4. The third kappa shape index (κ3) is 2.82. The van der Waals surface area contributed by atoms with E-state index in [0.717, 1.165) is 17.5 Å². The van der Waals surface area contributed by atoms with Crippen LogP contribution in [0.4, 0.5) is 5.69 Å². The molecular formula is C21H21N3O3. The standard InChI is InChI=1S/C21H21N3O3/c1-12-3-4-13(2)18(9-12)24-20(26)16-6-5-14(10-17(16)21(24)27)19(25)23-8-7-15(22)11-23/h3-6,9-10,15H,7-8,11,22H2,1-2H3/t15-/m1/s1. The Labute approximate surface area is 157 Å². The van der Waals surface area contributed by atoms with E-state index in [4.69, 9.17) is 5.73 Å². The number of rotatable bonds is 2. The first-order chi connectivity index (χ1) is 12.9. The Hall–Kier alpha value is -2.99. The minimum atomic E-state index is -0.392. The van der Waals surface area contributed by atoms with Crippen molar-refractivity contribution in [3.05, 3.63) is 64.2 Å². The maximum absolute atomic E-state index is 13.0. The smallest absolute Gasteiger partial charge is 0.266 e. The zero-order valence-corrected chi connectivity index (χ0v) is 15.4. The van der Waals surface area contributed by atoms with Crippen molar-refractivity contribution in [2.45, 2.75) is 26.3 Å². The van der Waals surface area contributed by atoms with Crippen LogP contribution in [0.2, 0.25) is 0 Å². The third-order valence-corrected chi connectivity index (χ3v) is 5.25. The summed E-state index contributed by atoms with van der Waals surface area (Å²) in [5, 5.41) is 0. The van der Waals surface area contributed by atoms with Gasteiger partial charge in [-0.05, 0) is 55.7 Å². The lowest BCUT2D eigenvalue weighted by Crippen LogP contribution is -2.32. The maximum atomic E-state index is 13.0. The van der Waals surface area contributed by atoms with E-state index in [9.17, 15) is 14.4 Å². The highest BCUT2D eigenvalue weighted by Gasteiger charge is 2.38. The van der Waals surface area contributed by atoms with E-state index in [0.29, 0.717) is 29.9 Å².